The van der Waals surface area contributed by atoms with Gasteiger partial charge in [0.05, 0.1) is 9.26 Å². The van der Waals surface area contributed by atoms with Crippen LogP contribution in [0.1, 0.15) is 36.2 Å². The number of aromatic nitrogens is 3. The van der Waals surface area contributed by atoms with Crippen LogP contribution in [0.15, 0.2) is 0 Å². The normalized spacial score (nSPS) is 15.9. The third kappa shape index (κ3) is 1.85. The molecule has 0 aliphatic heterocycles. The number of fused-ring (bicyclic) bond motifs is 2. The minimum Gasteiger partial charge on any atom is -0.232 e. The molecule has 2 heterocycles. The Morgan fingerprint density at radius 1 is 1.24 bits per heavy atom. The Morgan fingerprint density at radius 3 is 2.82 bits per heavy atom. The molecule has 0 saturated heterocycles. The maximum atomic E-state index is 6.47. The molecule has 0 N–H and O–H groups in total. The second-order valence-corrected chi connectivity index (χ2v) is 5.96. The van der Waals surface area contributed by atoms with Crippen molar-refractivity contribution < 1.29 is 0 Å². The average molecular weight is 362 g/mol. The maximum Gasteiger partial charge on any atom is 0.170 e. The zero-order valence-electron chi connectivity index (χ0n) is 9.63. The van der Waals surface area contributed by atoms with Gasteiger partial charge < -0.3 is 0 Å². The quantitative estimate of drug-likeness (QED) is 0.408. The zero-order chi connectivity index (χ0) is 12.0. The summed E-state index contributed by atoms with van der Waals surface area (Å²) in [5, 5.41) is 5.23. The monoisotopic (exact) mass is 361 g/mol. The van der Waals surface area contributed by atoms with E-state index in [1.165, 1.54) is 30.5 Å². The van der Waals surface area contributed by atoms with Crippen molar-refractivity contribution in [2.24, 2.45) is 0 Å². The number of rotatable bonds is 0. The molecule has 3 rings (SSSR count). The molecule has 90 valence electrons. The van der Waals surface area contributed by atoms with Crippen molar-refractivity contribution in [3.8, 4) is 0 Å². The lowest BCUT2D eigenvalue weighted by molar-refractivity contribution is 0.709. The van der Waals surface area contributed by atoms with Gasteiger partial charge in [-0.1, -0.05) is 18.0 Å². The smallest absolute Gasteiger partial charge is 0.170 e. The third-order valence-corrected chi connectivity index (χ3v) is 4.98. The van der Waals surface area contributed by atoms with Crippen LogP contribution in [0.2, 0.25) is 5.15 Å². The fourth-order valence-electron chi connectivity index (χ4n) is 2.40. The first-order valence-corrected chi connectivity index (χ1v) is 7.36. The molecule has 3 nitrogen and oxygen atoms in total. The summed E-state index contributed by atoms with van der Waals surface area (Å²) in [6.07, 6.45) is 5.77. The standard InChI is InChI=1S/C12H13ClIN3/c1-7-10(14)12-15-9-6-4-2-3-5-8(9)11(13)17(12)16-7/h2-6H2,1H3. The summed E-state index contributed by atoms with van der Waals surface area (Å²) >= 11 is 8.77. The summed E-state index contributed by atoms with van der Waals surface area (Å²) in [5.74, 6) is 0. The summed E-state index contributed by atoms with van der Waals surface area (Å²) in [4.78, 5) is 4.77. The molecule has 0 spiro atoms. The molecule has 0 unspecified atom stereocenters. The molecule has 0 aromatic carbocycles. The van der Waals surface area contributed by atoms with Crippen LogP contribution in [0.4, 0.5) is 0 Å². The van der Waals surface area contributed by atoms with Gasteiger partial charge >= 0.3 is 0 Å². The number of aryl methyl sites for hydroxylation is 2. The molecule has 0 saturated carbocycles. The van der Waals surface area contributed by atoms with Crippen molar-refractivity contribution in [2.75, 3.05) is 0 Å². The van der Waals surface area contributed by atoms with E-state index in [-0.39, 0.29) is 0 Å². The fraction of sp³-hybridized carbons (Fsp3) is 0.500. The molecule has 0 amide bonds. The van der Waals surface area contributed by atoms with Gasteiger partial charge in [-0.2, -0.15) is 5.10 Å². The lowest BCUT2D eigenvalue weighted by atomic mass is 10.1. The minimum atomic E-state index is 0.762. The molecule has 5 heteroatoms. The first-order valence-electron chi connectivity index (χ1n) is 5.90. The highest BCUT2D eigenvalue weighted by molar-refractivity contribution is 14.1. The number of hydrogen-bond donors (Lipinski definition) is 0. The van der Waals surface area contributed by atoms with Crippen LogP contribution in [0.25, 0.3) is 5.65 Å². The second kappa shape index (κ2) is 4.39. The molecule has 0 fully saturated rings. The molecule has 0 atom stereocenters. The van der Waals surface area contributed by atoms with E-state index in [0.717, 1.165) is 32.9 Å². The Balaban J connectivity index is 2.32. The SMILES string of the molecule is Cc1nn2c(Cl)c3c(nc2c1I)CCCCC3. The zero-order valence-corrected chi connectivity index (χ0v) is 12.5. The maximum absolute atomic E-state index is 6.47. The summed E-state index contributed by atoms with van der Waals surface area (Å²) in [5.41, 5.74) is 4.29. The highest BCUT2D eigenvalue weighted by atomic mass is 127. The second-order valence-electron chi connectivity index (χ2n) is 4.52. The number of halogens is 2. The molecule has 2 aromatic heterocycles. The molecule has 0 bridgehead atoms. The van der Waals surface area contributed by atoms with E-state index in [0.29, 0.717) is 0 Å². The van der Waals surface area contributed by atoms with Crippen LogP contribution >= 0.6 is 34.2 Å². The number of nitrogens with zero attached hydrogens (tertiary/aromatic N) is 3. The topological polar surface area (TPSA) is 30.2 Å². The van der Waals surface area contributed by atoms with Gasteiger partial charge in [0.25, 0.3) is 0 Å². The molecule has 2 aromatic rings. The fourth-order valence-corrected chi connectivity index (χ4v) is 3.18. The first-order chi connectivity index (χ1) is 8.18. The van der Waals surface area contributed by atoms with Gasteiger partial charge in [0, 0.05) is 11.3 Å². The van der Waals surface area contributed by atoms with Gasteiger partial charge in [0.1, 0.15) is 5.15 Å². The van der Waals surface area contributed by atoms with E-state index >= 15 is 0 Å². The molecular weight excluding hydrogens is 349 g/mol. The predicted molar refractivity (Wildman–Crippen MR) is 76.7 cm³/mol. The Morgan fingerprint density at radius 2 is 2.00 bits per heavy atom. The van der Waals surface area contributed by atoms with Crippen LogP contribution in [-0.4, -0.2) is 14.6 Å². The van der Waals surface area contributed by atoms with Crippen LogP contribution in [0.3, 0.4) is 0 Å². The van der Waals surface area contributed by atoms with Crippen LogP contribution in [0.5, 0.6) is 0 Å². The molecule has 17 heavy (non-hydrogen) atoms. The minimum absolute atomic E-state index is 0.762. The van der Waals surface area contributed by atoms with Crippen molar-refractivity contribution >= 4 is 39.8 Å². The van der Waals surface area contributed by atoms with Gasteiger partial charge in [-0.15, -0.1) is 0 Å². The molecule has 1 aliphatic carbocycles. The molecule has 0 radical (unpaired) electrons. The lowest BCUT2D eigenvalue weighted by Gasteiger charge is -2.08. The summed E-state index contributed by atoms with van der Waals surface area (Å²) in [7, 11) is 0. The summed E-state index contributed by atoms with van der Waals surface area (Å²) < 4.78 is 2.90. The highest BCUT2D eigenvalue weighted by Crippen LogP contribution is 2.29. The van der Waals surface area contributed by atoms with E-state index in [4.69, 9.17) is 16.6 Å². The van der Waals surface area contributed by atoms with E-state index < -0.39 is 0 Å². The van der Waals surface area contributed by atoms with Gasteiger partial charge in [-0.25, -0.2) is 9.50 Å². The van der Waals surface area contributed by atoms with Crippen LogP contribution in [0, 0.1) is 10.5 Å². The Hall–Kier alpha value is -0.360. The van der Waals surface area contributed by atoms with E-state index in [1.807, 2.05) is 6.92 Å². The Bertz CT molecular complexity index is 591. The van der Waals surface area contributed by atoms with E-state index in [2.05, 4.69) is 27.7 Å². The third-order valence-electron chi connectivity index (χ3n) is 3.33. The van der Waals surface area contributed by atoms with Crippen molar-refractivity contribution in [2.45, 2.75) is 39.0 Å². The Labute approximate surface area is 119 Å². The summed E-state index contributed by atoms with van der Waals surface area (Å²) in [6, 6.07) is 0. The lowest BCUT2D eigenvalue weighted by Crippen LogP contribution is -2.04. The van der Waals surface area contributed by atoms with Gasteiger partial charge in [0.15, 0.2) is 5.65 Å². The van der Waals surface area contributed by atoms with Gasteiger partial charge in [-0.3, -0.25) is 0 Å². The van der Waals surface area contributed by atoms with Crippen molar-refractivity contribution in [3.63, 3.8) is 0 Å². The number of hydrogen-bond acceptors (Lipinski definition) is 2. The van der Waals surface area contributed by atoms with Gasteiger partial charge in [0.2, 0.25) is 0 Å². The Kier molecular flexibility index (Phi) is 3.02. The highest BCUT2D eigenvalue weighted by Gasteiger charge is 2.19. The van der Waals surface area contributed by atoms with E-state index in [1.54, 1.807) is 4.52 Å². The predicted octanol–water partition coefficient (Wildman–Crippen LogP) is 3.56. The van der Waals surface area contributed by atoms with E-state index in [9.17, 15) is 0 Å². The van der Waals surface area contributed by atoms with Crippen LogP contribution in [-0.2, 0) is 12.8 Å². The molecular formula is C12H13ClIN3. The van der Waals surface area contributed by atoms with Crippen molar-refractivity contribution in [3.05, 3.63) is 25.7 Å². The summed E-state index contributed by atoms with van der Waals surface area (Å²) in [6.45, 7) is 2.00. The van der Waals surface area contributed by atoms with Gasteiger partial charge in [-0.05, 0) is 55.2 Å². The van der Waals surface area contributed by atoms with Crippen molar-refractivity contribution in [1.29, 1.82) is 0 Å². The molecule has 1 aliphatic rings. The van der Waals surface area contributed by atoms with Crippen LogP contribution < -0.4 is 0 Å². The average Bonchev–Trinajstić information content (AvgIpc) is 2.54. The van der Waals surface area contributed by atoms with Crippen molar-refractivity contribution in [1.82, 2.24) is 14.6 Å². The largest absolute Gasteiger partial charge is 0.232 e. The first kappa shape index (κ1) is 11.7.